The first-order valence-electron chi connectivity index (χ1n) is 7.90. The second-order valence-electron chi connectivity index (χ2n) is 5.96. The summed E-state index contributed by atoms with van der Waals surface area (Å²) >= 11 is 0. The van der Waals surface area contributed by atoms with Gasteiger partial charge in [-0.3, -0.25) is 4.79 Å². The number of nitrogens with zero attached hydrogens (tertiary/aromatic N) is 2. The molecule has 1 aromatic carbocycles. The van der Waals surface area contributed by atoms with Crippen LogP contribution >= 0.6 is 0 Å². The number of ether oxygens (including phenoxy) is 1. The molecule has 2 atom stereocenters. The molecule has 2 heterocycles. The fourth-order valence-electron chi connectivity index (χ4n) is 2.90. The van der Waals surface area contributed by atoms with Crippen molar-refractivity contribution in [2.75, 3.05) is 6.61 Å². The van der Waals surface area contributed by atoms with Gasteiger partial charge >= 0.3 is 0 Å². The number of hydrogen-bond donors (Lipinski definition) is 1. The van der Waals surface area contributed by atoms with E-state index >= 15 is 0 Å². The highest BCUT2D eigenvalue weighted by Crippen LogP contribution is 2.19. The third-order valence-electron chi connectivity index (χ3n) is 4.27. The fourth-order valence-corrected chi connectivity index (χ4v) is 2.90. The Kier molecular flexibility index (Phi) is 4.62. The van der Waals surface area contributed by atoms with Crippen molar-refractivity contribution in [3.05, 3.63) is 47.3 Å². The van der Waals surface area contributed by atoms with Gasteiger partial charge in [0.1, 0.15) is 11.5 Å². The van der Waals surface area contributed by atoms with Gasteiger partial charge in [-0.1, -0.05) is 0 Å². The Bertz CT molecular complexity index is 754. The number of hydrogen-bond acceptors (Lipinski definition) is 3. The van der Waals surface area contributed by atoms with Gasteiger partial charge in [-0.2, -0.15) is 5.10 Å². The number of aromatic nitrogens is 2. The zero-order chi connectivity index (χ0) is 17.3. The van der Waals surface area contributed by atoms with Crippen molar-refractivity contribution in [3.63, 3.8) is 0 Å². The van der Waals surface area contributed by atoms with Crippen molar-refractivity contribution in [1.82, 2.24) is 15.1 Å². The molecule has 0 bridgehead atoms. The summed E-state index contributed by atoms with van der Waals surface area (Å²) in [5.41, 5.74) is 0.932. The number of halogens is 2. The molecule has 128 valence electrons. The van der Waals surface area contributed by atoms with Gasteiger partial charge in [-0.25, -0.2) is 13.5 Å². The first kappa shape index (κ1) is 16.6. The maximum atomic E-state index is 13.9. The van der Waals surface area contributed by atoms with Crippen LogP contribution in [-0.2, 0) is 4.74 Å². The highest BCUT2D eigenvalue weighted by atomic mass is 19.1. The summed E-state index contributed by atoms with van der Waals surface area (Å²) in [6.45, 7) is 4.28. The third kappa shape index (κ3) is 3.17. The average molecular weight is 335 g/mol. The van der Waals surface area contributed by atoms with Crippen molar-refractivity contribution in [2.45, 2.75) is 38.8 Å². The highest BCUT2D eigenvalue weighted by Gasteiger charge is 2.25. The van der Waals surface area contributed by atoms with Gasteiger partial charge in [-0.05, 0) is 38.8 Å². The lowest BCUT2D eigenvalue weighted by Crippen LogP contribution is -2.40. The van der Waals surface area contributed by atoms with Gasteiger partial charge in [0.05, 0.1) is 29.6 Å². The summed E-state index contributed by atoms with van der Waals surface area (Å²) in [5.74, 6) is -1.69. The first-order valence-corrected chi connectivity index (χ1v) is 7.90. The van der Waals surface area contributed by atoms with E-state index in [0.717, 1.165) is 25.0 Å². The zero-order valence-electron chi connectivity index (χ0n) is 13.6. The van der Waals surface area contributed by atoms with Crippen molar-refractivity contribution in [3.8, 4) is 5.69 Å². The molecule has 2 aromatic rings. The largest absolute Gasteiger partial charge is 0.376 e. The van der Waals surface area contributed by atoms with Crippen molar-refractivity contribution < 1.29 is 18.3 Å². The van der Waals surface area contributed by atoms with Crippen LogP contribution in [0.2, 0.25) is 0 Å². The van der Waals surface area contributed by atoms with Crippen LogP contribution in [0, 0.1) is 18.6 Å². The van der Waals surface area contributed by atoms with E-state index in [1.165, 1.54) is 16.9 Å². The van der Waals surface area contributed by atoms with E-state index in [1.807, 2.05) is 6.92 Å². The molecular formula is C17H19F2N3O2. The number of rotatable bonds is 4. The molecule has 1 aliphatic heterocycles. The second-order valence-corrected chi connectivity index (χ2v) is 5.96. The lowest BCUT2D eigenvalue weighted by molar-refractivity contribution is 0.0712. The minimum atomic E-state index is -0.735. The SMILES string of the molecule is Cc1c(C(=O)N[C@@H](C)[C@@H]2CCCO2)cnn1-c1ccc(F)cc1F. The van der Waals surface area contributed by atoms with E-state index in [-0.39, 0.29) is 23.7 Å². The molecule has 3 rings (SSSR count). The van der Waals surface area contributed by atoms with E-state index in [0.29, 0.717) is 17.9 Å². The molecule has 0 saturated carbocycles. The van der Waals surface area contributed by atoms with Gasteiger partial charge in [0.2, 0.25) is 0 Å². The number of nitrogens with one attached hydrogen (secondary N) is 1. The Morgan fingerprint density at radius 3 is 2.92 bits per heavy atom. The highest BCUT2D eigenvalue weighted by molar-refractivity contribution is 5.95. The summed E-state index contributed by atoms with van der Waals surface area (Å²) in [5, 5.41) is 6.96. The zero-order valence-corrected chi connectivity index (χ0v) is 13.6. The molecule has 0 radical (unpaired) electrons. The third-order valence-corrected chi connectivity index (χ3v) is 4.27. The molecule has 0 spiro atoms. The van der Waals surface area contributed by atoms with Crippen LogP contribution in [0.1, 0.15) is 35.8 Å². The van der Waals surface area contributed by atoms with Crippen LogP contribution in [0.25, 0.3) is 5.69 Å². The van der Waals surface area contributed by atoms with Gasteiger partial charge < -0.3 is 10.1 Å². The van der Waals surface area contributed by atoms with Crippen molar-refractivity contribution >= 4 is 5.91 Å². The number of carbonyl (C=O) groups is 1. The lowest BCUT2D eigenvalue weighted by atomic mass is 10.1. The first-order chi connectivity index (χ1) is 11.5. The maximum Gasteiger partial charge on any atom is 0.255 e. The van der Waals surface area contributed by atoms with Gasteiger partial charge in [0.15, 0.2) is 5.82 Å². The second kappa shape index (κ2) is 6.68. The fraction of sp³-hybridized carbons (Fsp3) is 0.412. The standard InChI is InChI=1S/C17H19F2N3O2/c1-10(16-4-3-7-24-16)21-17(23)13-9-20-22(11(13)2)15-6-5-12(18)8-14(15)19/h5-6,8-10,16H,3-4,7H2,1-2H3,(H,21,23)/t10-,16-/m0/s1. The Morgan fingerprint density at radius 1 is 1.46 bits per heavy atom. The molecule has 7 heteroatoms. The molecule has 1 aromatic heterocycles. The number of amides is 1. The molecule has 1 amide bonds. The average Bonchev–Trinajstić information content (AvgIpc) is 3.17. The minimum absolute atomic E-state index is 0.0128. The summed E-state index contributed by atoms with van der Waals surface area (Å²) < 4.78 is 33.8. The topological polar surface area (TPSA) is 56.1 Å². The summed E-state index contributed by atoms with van der Waals surface area (Å²) in [6, 6.07) is 3.11. The van der Waals surface area contributed by atoms with Gasteiger partial charge in [0.25, 0.3) is 5.91 Å². The molecule has 1 aliphatic rings. The molecule has 1 saturated heterocycles. The molecule has 1 fully saturated rings. The Labute approximate surface area is 138 Å². The van der Waals surface area contributed by atoms with E-state index in [4.69, 9.17) is 4.74 Å². The summed E-state index contributed by atoms with van der Waals surface area (Å²) in [7, 11) is 0. The smallest absolute Gasteiger partial charge is 0.255 e. The molecular weight excluding hydrogens is 316 g/mol. The van der Waals surface area contributed by atoms with Crippen molar-refractivity contribution in [1.29, 1.82) is 0 Å². The van der Waals surface area contributed by atoms with Crippen LogP contribution in [0.5, 0.6) is 0 Å². The minimum Gasteiger partial charge on any atom is -0.376 e. The summed E-state index contributed by atoms with van der Waals surface area (Å²) in [6.07, 6.45) is 3.31. The van der Waals surface area contributed by atoms with E-state index in [1.54, 1.807) is 6.92 Å². The normalized spacial score (nSPS) is 18.6. The monoisotopic (exact) mass is 335 g/mol. The molecule has 0 aliphatic carbocycles. The molecule has 5 nitrogen and oxygen atoms in total. The van der Waals surface area contributed by atoms with E-state index in [9.17, 15) is 13.6 Å². The lowest BCUT2D eigenvalue weighted by Gasteiger charge is -2.19. The van der Waals surface area contributed by atoms with E-state index < -0.39 is 11.6 Å². The van der Waals surface area contributed by atoms with Crippen LogP contribution in [0.15, 0.2) is 24.4 Å². The van der Waals surface area contributed by atoms with Crippen molar-refractivity contribution in [2.24, 2.45) is 0 Å². The van der Waals surface area contributed by atoms with Crippen LogP contribution in [-0.4, -0.2) is 34.4 Å². The molecule has 24 heavy (non-hydrogen) atoms. The van der Waals surface area contributed by atoms with E-state index in [2.05, 4.69) is 10.4 Å². The Morgan fingerprint density at radius 2 is 2.25 bits per heavy atom. The number of benzene rings is 1. The Hall–Kier alpha value is -2.28. The van der Waals surface area contributed by atoms with Crippen LogP contribution in [0.4, 0.5) is 8.78 Å². The van der Waals surface area contributed by atoms with Crippen LogP contribution < -0.4 is 5.32 Å². The van der Waals surface area contributed by atoms with Gasteiger partial charge in [0, 0.05) is 12.7 Å². The predicted octanol–water partition coefficient (Wildman–Crippen LogP) is 2.76. The maximum absolute atomic E-state index is 13.9. The molecule has 1 N–H and O–H groups in total. The number of carbonyl (C=O) groups excluding carboxylic acids is 1. The summed E-state index contributed by atoms with van der Waals surface area (Å²) in [4.78, 5) is 12.4. The Balaban J connectivity index is 1.80. The quantitative estimate of drug-likeness (QED) is 0.935. The predicted molar refractivity (Wildman–Crippen MR) is 84.1 cm³/mol. The van der Waals surface area contributed by atoms with Gasteiger partial charge in [-0.15, -0.1) is 0 Å². The van der Waals surface area contributed by atoms with Crippen LogP contribution in [0.3, 0.4) is 0 Å². The molecule has 0 unspecified atom stereocenters.